The normalized spacial score (nSPS) is 21.5. The van der Waals surface area contributed by atoms with Gasteiger partial charge in [-0.3, -0.25) is 0 Å². The fourth-order valence-electron chi connectivity index (χ4n) is 2.25. The van der Waals surface area contributed by atoms with E-state index in [0.717, 1.165) is 5.76 Å². The van der Waals surface area contributed by atoms with E-state index in [0.29, 0.717) is 24.3 Å². The van der Waals surface area contributed by atoms with E-state index in [1.54, 1.807) is 6.07 Å². The van der Waals surface area contributed by atoms with Crippen molar-refractivity contribution in [1.29, 1.82) is 5.26 Å². The van der Waals surface area contributed by atoms with Crippen molar-refractivity contribution >= 4 is 0 Å². The van der Waals surface area contributed by atoms with Crippen LogP contribution in [0.25, 0.3) is 0 Å². The van der Waals surface area contributed by atoms with E-state index in [9.17, 15) is 0 Å². The SMILES string of the molecule is N#Cc1ccc(CNC2CC2c2ccccc2)o1. The first-order valence-electron chi connectivity index (χ1n) is 6.14. The first-order chi connectivity index (χ1) is 8.86. The lowest BCUT2D eigenvalue weighted by atomic mass is 10.1. The predicted molar refractivity (Wildman–Crippen MR) is 67.9 cm³/mol. The van der Waals surface area contributed by atoms with Crippen molar-refractivity contribution in [3.05, 3.63) is 59.5 Å². The van der Waals surface area contributed by atoms with Gasteiger partial charge in [-0.2, -0.15) is 5.26 Å². The van der Waals surface area contributed by atoms with Crippen LogP contribution in [0.2, 0.25) is 0 Å². The average Bonchev–Trinajstić information content (AvgIpc) is 3.06. The van der Waals surface area contributed by atoms with Crippen molar-refractivity contribution in [3.63, 3.8) is 0 Å². The van der Waals surface area contributed by atoms with Crippen molar-refractivity contribution in [3.8, 4) is 6.07 Å². The summed E-state index contributed by atoms with van der Waals surface area (Å²) in [5, 5.41) is 12.1. The number of hydrogen-bond donors (Lipinski definition) is 1. The molecule has 0 bridgehead atoms. The Bertz CT molecular complexity index is 568. The maximum absolute atomic E-state index is 8.67. The van der Waals surface area contributed by atoms with Crippen LogP contribution >= 0.6 is 0 Å². The first kappa shape index (κ1) is 11.1. The van der Waals surface area contributed by atoms with Crippen LogP contribution in [0, 0.1) is 11.3 Å². The molecule has 1 heterocycles. The van der Waals surface area contributed by atoms with Gasteiger partial charge in [0, 0.05) is 12.0 Å². The molecule has 0 spiro atoms. The molecule has 1 N–H and O–H groups in total. The van der Waals surface area contributed by atoms with E-state index >= 15 is 0 Å². The van der Waals surface area contributed by atoms with Gasteiger partial charge in [-0.05, 0) is 24.1 Å². The molecule has 3 rings (SSSR count). The molecule has 0 radical (unpaired) electrons. The van der Waals surface area contributed by atoms with Crippen LogP contribution in [0.4, 0.5) is 0 Å². The Morgan fingerprint density at radius 3 is 2.78 bits per heavy atom. The summed E-state index contributed by atoms with van der Waals surface area (Å²) in [6, 6.07) is 16.6. The number of benzene rings is 1. The second-order valence-electron chi connectivity index (χ2n) is 4.62. The Morgan fingerprint density at radius 2 is 2.06 bits per heavy atom. The molecule has 90 valence electrons. The highest BCUT2D eigenvalue weighted by Gasteiger charge is 2.37. The summed E-state index contributed by atoms with van der Waals surface area (Å²) in [6.07, 6.45) is 1.18. The van der Waals surface area contributed by atoms with Crippen LogP contribution in [0.3, 0.4) is 0 Å². The van der Waals surface area contributed by atoms with E-state index in [1.807, 2.05) is 18.2 Å². The highest BCUT2D eigenvalue weighted by molar-refractivity contribution is 5.27. The third-order valence-electron chi connectivity index (χ3n) is 3.33. The minimum absolute atomic E-state index is 0.377. The number of nitrogens with zero attached hydrogens (tertiary/aromatic N) is 1. The van der Waals surface area contributed by atoms with Gasteiger partial charge in [-0.25, -0.2) is 0 Å². The molecule has 1 aromatic carbocycles. The van der Waals surface area contributed by atoms with E-state index in [2.05, 4.69) is 29.6 Å². The molecule has 0 aliphatic heterocycles. The largest absolute Gasteiger partial charge is 0.449 e. The highest BCUT2D eigenvalue weighted by atomic mass is 16.3. The van der Waals surface area contributed by atoms with Gasteiger partial charge >= 0.3 is 0 Å². The van der Waals surface area contributed by atoms with Gasteiger partial charge in [0.15, 0.2) is 0 Å². The minimum Gasteiger partial charge on any atom is -0.449 e. The Kier molecular flexibility index (Phi) is 2.87. The van der Waals surface area contributed by atoms with Gasteiger partial charge in [0.1, 0.15) is 11.8 Å². The molecule has 1 aliphatic rings. The smallest absolute Gasteiger partial charge is 0.203 e. The van der Waals surface area contributed by atoms with Crippen LogP contribution in [0.5, 0.6) is 0 Å². The molecule has 3 heteroatoms. The average molecular weight is 238 g/mol. The molecule has 3 nitrogen and oxygen atoms in total. The number of nitrogens with one attached hydrogen (secondary N) is 1. The standard InChI is InChI=1S/C15H14N2O/c16-9-12-6-7-13(18-12)10-17-15-8-14(15)11-4-2-1-3-5-11/h1-7,14-15,17H,8,10H2. The Hall–Kier alpha value is -2.05. The summed E-state index contributed by atoms with van der Waals surface area (Å²) in [5.41, 5.74) is 1.40. The van der Waals surface area contributed by atoms with Gasteiger partial charge in [-0.15, -0.1) is 0 Å². The molecule has 2 unspecified atom stereocenters. The minimum atomic E-state index is 0.377. The molecule has 2 atom stereocenters. The number of nitriles is 1. The number of rotatable bonds is 4. The lowest BCUT2D eigenvalue weighted by Gasteiger charge is -2.02. The highest BCUT2D eigenvalue weighted by Crippen LogP contribution is 2.40. The van der Waals surface area contributed by atoms with Gasteiger partial charge in [0.05, 0.1) is 6.54 Å². The topological polar surface area (TPSA) is 49.0 Å². The fourth-order valence-corrected chi connectivity index (χ4v) is 2.25. The summed E-state index contributed by atoms with van der Waals surface area (Å²) in [4.78, 5) is 0. The molecule has 1 aromatic heterocycles. The zero-order valence-corrected chi connectivity index (χ0v) is 9.97. The van der Waals surface area contributed by atoms with Crippen LogP contribution in [-0.2, 0) is 6.54 Å². The van der Waals surface area contributed by atoms with E-state index in [1.165, 1.54) is 12.0 Å². The van der Waals surface area contributed by atoms with Gasteiger partial charge in [0.25, 0.3) is 0 Å². The number of furan rings is 1. The monoisotopic (exact) mass is 238 g/mol. The first-order valence-corrected chi connectivity index (χ1v) is 6.14. The van der Waals surface area contributed by atoms with Crippen molar-refractivity contribution in [1.82, 2.24) is 5.32 Å². The van der Waals surface area contributed by atoms with Crippen LogP contribution in [0.15, 0.2) is 46.9 Å². The van der Waals surface area contributed by atoms with Crippen LogP contribution < -0.4 is 5.32 Å². The molecule has 1 saturated carbocycles. The Balaban J connectivity index is 1.53. The second-order valence-corrected chi connectivity index (χ2v) is 4.62. The van der Waals surface area contributed by atoms with Crippen LogP contribution in [0.1, 0.15) is 29.4 Å². The molecule has 1 fully saturated rings. The molecule has 18 heavy (non-hydrogen) atoms. The van der Waals surface area contributed by atoms with Crippen molar-refractivity contribution in [2.45, 2.75) is 24.9 Å². The third kappa shape index (κ3) is 2.29. The zero-order valence-electron chi connectivity index (χ0n) is 9.97. The summed E-state index contributed by atoms with van der Waals surface area (Å²) in [5.74, 6) is 1.82. The summed E-state index contributed by atoms with van der Waals surface area (Å²) in [7, 11) is 0. The summed E-state index contributed by atoms with van der Waals surface area (Å²) >= 11 is 0. The fraction of sp³-hybridized carbons (Fsp3) is 0.267. The molecule has 0 saturated heterocycles. The van der Waals surface area contributed by atoms with E-state index < -0.39 is 0 Å². The van der Waals surface area contributed by atoms with Crippen LogP contribution in [-0.4, -0.2) is 6.04 Å². The number of hydrogen-bond acceptors (Lipinski definition) is 3. The lowest BCUT2D eigenvalue weighted by molar-refractivity contribution is 0.472. The molecule has 1 aliphatic carbocycles. The Labute approximate surface area is 106 Å². The second kappa shape index (κ2) is 4.67. The van der Waals surface area contributed by atoms with E-state index in [-0.39, 0.29) is 0 Å². The zero-order chi connectivity index (χ0) is 12.4. The maximum Gasteiger partial charge on any atom is 0.203 e. The van der Waals surface area contributed by atoms with Gasteiger partial charge < -0.3 is 9.73 Å². The van der Waals surface area contributed by atoms with Crippen molar-refractivity contribution in [2.75, 3.05) is 0 Å². The lowest BCUT2D eigenvalue weighted by Crippen LogP contribution is -2.16. The Morgan fingerprint density at radius 1 is 1.22 bits per heavy atom. The summed E-state index contributed by atoms with van der Waals surface area (Å²) < 4.78 is 5.33. The predicted octanol–water partition coefficient (Wildman–Crippen LogP) is 2.80. The molecule has 0 amide bonds. The molecular formula is C15H14N2O. The van der Waals surface area contributed by atoms with Crippen molar-refractivity contribution in [2.24, 2.45) is 0 Å². The summed E-state index contributed by atoms with van der Waals surface area (Å²) in [6.45, 7) is 0.690. The quantitative estimate of drug-likeness (QED) is 0.891. The molecular weight excluding hydrogens is 224 g/mol. The maximum atomic E-state index is 8.67. The van der Waals surface area contributed by atoms with E-state index in [4.69, 9.17) is 9.68 Å². The van der Waals surface area contributed by atoms with Gasteiger partial charge in [-0.1, -0.05) is 30.3 Å². The molecule has 2 aromatic rings. The van der Waals surface area contributed by atoms with Gasteiger partial charge in [0.2, 0.25) is 5.76 Å². The third-order valence-corrected chi connectivity index (χ3v) is 3.33. The van der Waals surface area contributed by atoms with Crippen molar-refractivity contribution < 1.29 is 4.42 Å².